The fourth-order valence-electron chi connectivity index (χ4n) is 2.61. The van der Waals surface area contributed by atoms with Crippen LogP contribution in [0.15, 0.2) is 35.7 Å². The number of hydrogen-bond acceptors (Lipinski definition) is 5. The first-order valence-electron chi connectivity index (χ1n) is 9.12. The van der Waals surface area contributed by atoms with Crippen LogP contribution in [0.25, 0.3) is 0 Å². The zero-order chi connectivity index (χ0) is 20.8. The highest BCUT2D eigenvalue weighted by Gasteiger charge is 2.29. The van der Waals surface area contributed by atoms with Gasteiger partial charge >= 0.3 is 5.97 Å². The lowest BCUT2D eigenvalue weighted by Crippen LogP contribution is -2.47. The van der Waals surface area contributed by atoms with Crippen molar-refractivity contribution in [2.24, 2.45) is 5.92 Å². The molecule has 0 spiro atoms. The lowest BCUT2D eigenvalue weighted by molar-refractivity contribution is -0.156. The standard InChI is InChI=1S/C21H26N2O4S/c1-12(2)18(23-20(25)17-7-6-10-28-17)21(26)27-15(5)19(24)22-16-9-8-13(3)11-14(16)4/h6-12,15,18H,1-5H3,(H,22,24)(H,23,25)/t15-,18-/m0/s1. The van der Waals surface area contributed by atoms with E-state index in [1.807, 2.05) is 32.0 Å². The lowest BCUT2D eigenvalue weighted by Gasteiger charge is -2.23. The molecule has 2 amide bonds. The van der Waals surface area contributed by atoms with Gasteiger partial charge in [-0.3, -0.25) is 9.59 Å². The molecule has 0 aliphatic carbocycles. The number of thiophene rings is 1. The summed E-state index contributed by atoms with van der Waals surface area (Å²) in [7, 11) is 0. The highest BCUT2D eigenvalue weighted by molar-refractivity contribution is 7.12. The summed E-state index contributed by atoms with van der Waals surface area (Å²) in [6.07, 6.45) is -0.993. The quantitative estimate of drug-likeness (QED) is 0.692. The van der Waals surface area contributed by atoms with Crippen molar-refractivity contribution < 1.29 is 19.1 Å². The Bertz CT molecular complexity index is 846. The lowest BCUT2D eigenvalue weighted by atomic mass is 10.0. The predicted molar refractivity (Wildman–Crippen MR) is 111 cm³/mol. The number of amides is 2. The molecular weight excluding hydrogens is 376 g/mol. The van der Waals surface area contributed by atoms with Crippen molar-refractivity contribution in [3.63, 3.8) is 0 Å². The number of rotatable bonds is 7. The fourth-order valence-corrected chi connectivity index (χ4v) is 3.23. The van der Waals surface area contributed by atoms with E-state index in [0.29, 0.717) is 10.6 Å². The van der Waals surface area contributed by atoms with Gasteiger partial charge in [-0.05, 0) is 49.8 Å². The molecule has 2 atom stereocenters. The Morgan fingerprint density at radius 1 is 1.07 bits per heavy atom. The fraction of sp³-hybridized carbons (Fsp3) is 0.381. The molecule has 6 nitrogen and oxygen atoms in total. The molecular formula is C21H26N2O4S. The molecule has 1 heterocycles. The van der Waals surface area contributed by atoms with Crippen molar-refractivity contribution in [1.82, 2.24) is 5.32 Å². The van der Waals surface area contributed by atoms with Gasteiger partial charge < -0.3 is 15.4 Å². The first-order valence-corrected chi connectivity index (χ1v) is 10.00. The smallest absolute Gasteiger partial charge is 0.329 e. The number of carbonyl (C=O) groups is 3. The molecule has 0 saturated heterocycles. The molecule has 0 aliphatic heterocycles. The Morgan fingerprint density at radius 3 is 2.36 bits per heavy atom. The van der Waals surface area contributed by atoms with Crippen molar-refractivity contribution in [3.8, 4) is 0 Å². The summed E-state index contributed by atoms with van der Waals surface area (Å²) in [5.74, 6) is -1.58. The summed E-state index contributed by atoms with van der Waals surface area (Å²) in [6, 6.07) is 8.28. The average molecular weight is 403 g/mol. The van der Waals surface area contributed by atoms with Crippen LogP contribution in [0.5, 0.6) is 0 Å². The molecule has 0 unspecified atom stereocenters. The minimum Gasteiger partial charge on any atom is -0.451 e. The second kappa shape index (κ2) is 9.50. The van der Waals surface area contributed by atoms with Gasteiger partial charge in [0.1, 0.15) is 6.04 Å². The highest BCUT2D eigenvalue weighted by Crippen LogP contribution is 2.17. The number of anilines is 1. The van der Waals surface area contributed by atoms with Gasteiger partial charge in [-0.15, -0.1) is 11.3 Å². The largest absolute Gasteiger partial charge is 0.451 e. The van der Waals surface area contributed by atoms with Crippen LogP contribution in [0.4, 0.5) is 5.69 Å². The molecule has 0 fully saturated rings. The maximum absolute atomic E-state index is 12.6. The summed E-state index contributed by atoms with van der Waals surface area (Å²) in [6.45, 7) is 8.99. The predicted octanol–water partition coefficient (Wildman–Crippen LogP) is 3.69. The van der Waals surface area contributed by atoms with E-state index in [9.17, 15) is 14.4 Å². The van der Waals surface area contributed by atoms with Crippen LogP contribution in [0.2, 0.25) is 0 Å². The van der Waals surface area contributed by atoms with Gasteiger partial charge in [0, 0.05) is 5.69 Å². The van der Waals surface area contributed by atoms with Crippen molar-refractivity contribution >= 4 is 34.8 Å². The van der Waals surface area contributed by atoms with Crippen LogP contribution >= 0.6 is 11.3 Å². The maximum atomic E-state index is 12.6. The zero-order valence-corrected chi connectivity index (χ0v) is 17.6. The van der Waals surface area contributed by atoms with Crippen molar-refractivity contribution in [2.75, 3.05) is 5.32 Å². The van der Waals surface area contributed by atoms with Gasteiger partial charge in [-0.2, -0.15) is 0 Å². The molecule has 2 N–H and O–H groups in total. The third-order valence-electron chi connectivity index (χ3n) is 4.25. The first kappa shape index (κ1) is 21.6. The normalized spacial score (nSPS) is 12.9. The van der Waals surface area contributed by atoms with Crippen LogP contribution in [-0.2, 0) is 14.3 Å². The first-order chi connectivity index (χ1) is 13.2. The Labute approximate surface area is 169 Å². The van der Waals surface area contributed by atoms with Gasteiger partial charge in [0.15, 0.2) is 6.10 Å². The number of esters is 1. The van der Waals surface area contributed by atoms with Crippen molar-refractivity contribution in [2.45, 2.75) is 46.8 Å². The zero-order valence-electron chi connectivity index (χ0n) is 16.7. The maximum Gasteiger partial charge on any atom is 0.329 e. The van der Waals surface area contributed by atoms with E-state index in [-0.39, 0.29) is 11.8 Å². The minimum absolute atomic E-state index is 0.189. The Hall–Kier alpha value is -2.67. The monoisotopic (exact) mass is 402 g/mol. The molecule has 28 heavy (non-hydrogen) atoms. The van der Waals surface area contributed by atoms with Crippen LogP contribution in [0.3, 0.4) is 0 Å². The van der Waals surface area contributed by atoms with Crippen LogP contribution in [-0.4, -0.2) is 29.9 Å². The van der Waals surface area contributed by atoms with Gasteiger partial charge in [0.25, 0.3) is 11.8 Å². The second-order valence-electron chi connectivity index (χ2n) is 7.06. The molecule has 1 aromatic carbocycles. The summed E-state index contributed by atoms with van der Waals surface area (Å²) >= 11 is 1.29. The highest BCUT2D eigenvalue weighted by atomic mass is 32.1. The molecule has 0 aliphatic rings. The molecule has 2 aromatic rings. The molecule has 0 saturated carbocycles. The number of nitrogens with one attached hydrogen (secondary N) is 2. The van der Waals surface area contributed by atoms with Gasteiger partial charge in [-0.25, -0.2) is 4.79 Å². The molecule has 150 valence electrons. The van der Waals surface area contributed by atoms with Gasteiger partial charge in [0.05, 0.1) is 4.88 Å². The molecule has 1 aromatic heterocycles. The van der Waals surface area contributed by atoms with Gasteiger partial charge in [0.2, 0.25) is 0 Å². The third-order valence-corrected chi connectivity index (χ3v) is 5.12. The van der Waals surface area contributed by atoms with Crippen LogP contribution in [0.1, 0.15) is 41.6 Å². The van der Waals surface area contributed by atoms with E-state index in [1.54, 1.807) is 31.4 Å². The van der Waals surface area contributed by atoms with E-state index in [1.165, 1.54) is 18.3 Å². The number of hydrogen-bond donors (Lipinski definition) is 2. The van der Waals surface area contributed by atoms with E-state index in [4.69, 9.17) is 4.74 Å². The number of carbonyl (C=O) groups excluding carboxylic acids is 3. The average Bonchev–Trinajstić information content (AvgIpc) is 3.16. The number of benzene rings is 1. The summed E-state index contributed by atoms with van der Waals surface area (Å²) < 4.78 is 5.33. The minimum atomic E-state index is -0.993. The van der Waals surface area contributed by atoms with Crippen LogP contribution in [0, 0.1) is 19.8 Å². The van der Waals surface area contributed by atoms with E-state index in [2.05, 4.69) is 10.6 Å². The molecule has 2 rings (SSSR count). The summed E-state index contributed by atoms with van der Waals surface area (Å²) in [5.41, 5.74) is 2.69. The van der Waals surface area contributed by atoms with Crippen molar-refractivity contribution in [3.05, 3.63) is 51.7 Å². The van der Waals surface area contributed by atoms with E-state index >= 15 is 0 Å². The Balaban J connectivity index is 1.99. The van der Waals surface area contributed by atoms with E-state index < -0.39 is 24.0 Å². The molecule has 7 heteroatoms. The van der Waals surface area contributed by atoms with Crippen molar-refractivity contribution in [1.29, 1.82) is 0 Å². The van der Waals surface area contributed by atoms with Crippen LogP contribution < -0.4 is 10.6 Å². The Morgan fingerprint density at radius 2 is 1.79 bits per heavy atom. The molecule has 0 bridgehead atoms. The Kier molecular flexibility index (Phi) is 7.34. The summed E-state index contributed by atoms with van der Waals surface area (Å²) in [5, 5.41) is 7.25. The van der Waals surface area contributed by atoms with Gasteiger partial charge in [-0.1, -0.05) is 37.6 Å². The third kappa shape index (κ3) is 5.66. The van der Waals surface area contributed by atoms with E-state index in [0.717, 1.165) is 11.1 Å². The number of aryl methyl sites for hydroxylation is 2. The number of ether oxygens (including phenoxy) is 1. The topological polar surface area (TPSA) is 84.5 Å². The SMILES string of the molecule is Cc1ccc(NC(=O)[C@H](C)OC(=O)[C@@H](NC(=O)c2cccs2)C(C)C)c(C)c1. The summed E-state index contributed by atoms with van der Waals surface area (Å²) in [4.78, 5) is 37.7. The molecule has 0 radical (unpaired) electrons. The second-order valence-corrected chi connectivity index (χ2v) is 8.01.